The number of hydrogen-bond donors (Lipinski definition) is 0. The minimum atomic E-state index is -0.791. The quantitative estimate of drug-likeness (QED) is 0.594. The number of aryl methyl sites for hydroxylation is 2. The minimum Gasteiger partial charge on any atom is -0.204 e. The molecule has 18 heavy (non-hydrogen) atoms. The zero-order chi connectivity index (χ0) is 13.7. The summed E-state index contributed by atoms with van der Waals surface area (Å²) in [5.74, 6) is -1.57. The van der Waals surface area contributed by atoms with Gasteiger partial charge in [-0.05, 0) is 49.2 Å². The van der Waals surface area contributed by atoms with Gasteiger partial charge in [0.1, 0.15) is 0 Å². The third kappa shape index (κ3) is 4.63. The Labute approximate surface area is 115 Å². The van der Waals surface area contributed by atoms with Crippen LogP contribution in [0.1, 0.15) is 11.1 Å². The molecular weight excluding hydrogens is 277 g/mol. The summed E-state index contributed by atoms with van der Waals surface area (Å²) in [6, 6.07) is 9.36. The topological polar surface area (TPSA) is 0 Å². The second kappa shape index (κ2) is 6.72. The third-order valence-electron chi connectivity index (χ3n) is 2.15. The molecule has 2 aromatic rings. The number of halogens is 4. The van der Waals surface area contributed by atoms with Crippen molar-refractivity contribution in [3.05, 3.63) is 69.2 Å². The number of hydrogen-bond acceptors (Lipinski definition) is 0. The molecule has 0 aromatic heterocycles. The molecule has 0 aliphatic rings. The van der Waals surface area contributed by atoms with E-state index in [1.165, 1.54) is 6.07 Å². The van der Waals surface area contributed by atoms with E-state index in [1.54, 1.807) is 13.0 Å². The molecule has 2 rings (SSSR count). The second-order valence-corrected chi connectivity index (χ2v) is 4.65. The van der Waals surface area contributed by atoms with Crippen LogP contribution in [0.3, 0.4) is 0 Å². The average molecular weight is 289 g/mol. The molecule has 0 aliphatic heterocycles. The van der Waals surface area contributed by atoms with Gasteiger partial charge in [0, 0.05) is 0 Å². The van der Waals surface area contributed by atoms with E-state index in [2.05, 4.69) is 0 Å². The van der Waals surface area contributed by atoms with Crippen molar-refractivity contribution < 1.29 is 8.78 Å². The molecule has 0 saturated carbocycles. The zero-order valence-electron chi connectivity index (χ0n) is 9.98. The molecule has 2 aromatic carbocycles. The van der Waals surface area contributed by atoms with Gasteiger partial charge in [-0.25, -0.2) is 8.78 Å². The lowest BCUT2D eigenvalue weighted by Gasteiger charge is -1.94. The van der Waals surface area contributed by atoms with Crippen molar-refractivity contribution in [2.24, 2.45) is 0 Å². The summed E-state index contributed by atoms with van der Waals surface area (Å²) < 4.78 is 24.3. The van der Waals surface area contributed by atoms with Gasteiger partial charge in [0.25, 0.3) is 0 Å². The van der Waals surface area contributed by atoms with Crippen molar-refractivity contribution in [1.82, 2.24) is 0 Å². The Morgan fingerprint density at radius 3 is 1.72 bits per heavy atom. The molecule has 0 unspecified atom stereocenters. The molecule has 0 saturated heterocycles. The van der Waals surface area contributed by atoms with Crippen molar-refractivity contribution in [3.8, 4) is 0 Å². The molecule has 4 heteroatoms. The molecule has 0 heterocycles. The molecule has 0 aliphatic carbocycles. The third-order valence-corrected chi connectivity index (χ3v) is 2.89. The van der Waals surface area contributed by atoms with Crippen LogP contribution in [0.15, 0.2) is 36.4 Å². The highest BCUT2D eigenvalue weighted by molar-refractivity contribution is 6.41. The molecular formula is C14H12Cl2F2. The SMILES string of the molecule is Cc1ccc(Cl)c(Cl)c1.Cc1ccc(F)c(F)c1. The van der Waals surface area contributed by atoms with Gasteiger partial charge in [0.15, 0.2) is 11.6 Å². The molecule has 0 bridgehead atoms. The van der Waals surface area contributed by atoms with Crippen LogP contribution in [0.25, 0.3) is 0 Å². The summed E-state index contributed by atoms with van der Waals surface area (Å²) in [5, 5.41) is 1.24. The van der Waals surface area contributed by atoms with Gasteiger partial charge < -0.3 is 0 Å². The van der Waals surface area contributed by atoms with E-state index in [0.29, 0.717) is 10.0 Å². The lowest BCUT2D eigenvalue weighted by Crippen LogP contribution is -1.82. The lowest BCUT2D eigenvalue weighted by molar-refractivity contribution is 0.508. The van der Waals surface area contributed by atoms with Crippen LogP contribution in [0.4, 0.5) is 8.78 Å². The van der Waals surface area contributed by atoms with Gasteiger partial charge in [-0.1, -0.05) is 35.3 Å². The van der Waals surface area contributed by atoms with Crippen LogP contribution in [-0.4, -0.2) is 0 Å². The maximum absolute atomic E-state index is 12.2. The van der Waals surface area contributed by atoms with E-state index in [-0.39, 0.29) is 0 Å². The predicted octanol–water partition coefficient (Wildman–Crippen LogP) is 5.58. The Balaban J connectivity index is 0.000000180. The predicted molar refractivity (Wildman–Crippen MR) is 72.3 cm³/mol. The first-order chi connectivity index (χ1) is 8.40. The van der Waals surface area contributed by atoms with Crippen LogP contribution in [0.2, 0.25) is 10.0 Å². The van der Waals surface area contributed by atoms with Crippen LogP contribution in [0.5, 0.6) is 0 Å². The standard InChI is InChI=1S/C7H6Cl2.C7H6F2/c2*1-5-2-3-6(8)7(9)4-5/h2*2-4H,1H3. The van der Waals surface area contributed by atoms with Crippen molar-refractivity contribution in [2.75, 3.05) is 0 Å². The fourth-order valence-electron chi connectivity index (χ4n) is 1.20. The van der Waals surface area contributed by atoms with E-state index in [1.807, 2.05) is 19.1 Å². The highest BCUT2D eigenvalue weighted by Gasteiger charge is 1.97. The van der Waals surface area contributed by atoms with E-state index >= 15 is 0 Å². The molecule has 0 N–H and O–H groups in total. The van der Waals surface area contributed by atoms with Crippen LogP contribution in [0, 0.1) is 25.5 Å². The van der Waals surface area contributed by atoms with E-state index in [4.69, 9.17) is 23.2 Å². The van der Waals surface area contributed by atoms with Crippen molar-refractivity contribution in [1.29, 1.82) is 0 Å². The Kier molecular flexibility index (Phi) is 5.57. The summed E-state index contributed by atoms with van der Waals surface area (Å²) in [6.07, 6.45) is 0. The lowest BCUT2D eigenvalue weighted by atomic mass is 10.2. The zero-order valence-corrected chi connectivity index (χ0v) is 11.5. The Morgan fingerprint density at radius 1 is 0.722 bits per heavy atom. The van der Waals surface area contributed by atoms with E-state index in [9.17, 15) is 8.78 Å². The molecule has 0 spiro atoms. The Hall–Kier alpha value is -1.12. The fraction of sp³-hybridized carbons (Fsp3) is 0.143. The maximum Gasteiger partial charge on any atom is 0.159 e. The highest BCUT2D eigenvalue weighted by atomic mass is 35.5. The van der Waals surface area contributed by atoms with Gasteiger partial charge in [-0.2, -0.15) is 0 Å². The molecule has 0 nitrogen and oxygen atoms in total. The first kappa shape index (κ1) is 14.9. The van der Waals surface area contributed by atoms with Crippen molar-refractivity contribution >= 4 is 23.2 Å². The minimum absolute atomic E-state index is 0.613. The number of benzene rings is 2. The van der Waals surface area contributed by atoms with Crippen LogP contribution in [-0.2, 0) is 0 Å². The van der Waals surface area contributed by atoms with Crippen molar-refractivity contribution in [2.45, 2.75) is 13.8 Å². The van der Waals surface area contributed by atoms with Crippen LogP contribution < -0.4 is 0 Å². The van der Waals surface area contributed by atoms with Gasteiger partial charge in [0.05, 0.1) is 10.0 Å². The van der Waals surface area contributed by atoms with Gasteiger partial charge in [-0.15, -0.1) is 0 Å². The van der Waals surface area contributed by atoms with Gasteiger partial charge in [0.2, 0.25) is 0 Å². The number of rotatable bonds is 0. The summed E-state index contributed by atoms with van der Waals surface area (Å²) >= 11 is 11.3. The first-order valence-corrected chi connectivity index (χ1v) is 5.99. The smallest absolute Gasteiger partial charge is 0.159 e. The van der Waals surface area contributed by atoms with Gasteiger partial charge in [-0.3, -0.25) is 0 Å². The van der Waals surface area contributed by atoms with E-state index in [0.717, 1.165) is 23.3 Å². The largest absolute Gasteiger partial charge is 0.204 e. The fourth-order valence-corrected chi connectivity index (χ4v) is 1.55. The van der Waals surface area contributed by atoms with Crippen molar-refractivity contribution in [3.63, 3.8) is 0 Å². The van der Waals surface area contributed by atoms with Crippen LogP contribution >= 0.6 is 23.2 Å². The first-order valence-electron chi connectivity index (χ1n) is 5.23. The molecule has 0 amide bonds. The van der Waals surface area contributed by atoms with Gasteiger partial charge >= 0.3 is 0 Å². The molecule has 96 valence electrons. The Bertz CT molecular complexity index is 490. The monoisotopic (exact) mass is 288 g/mol. The summed E-state index contributed by atoms with van der Waals surface area (Å²) in [6.45, 7) is 3.69. The van der Waals surface area contributed by atoms with E-state index < -0.39 is 11.6 Å². The average Bonchev–Trinajstić information content (AvgIpc) is 2.30. The molecule has 0 atom stereocenters. The summed E-state index contributed by atoms with van der Waals surface area (Å²) in [7, 11) is 0. The summed E-state index contributed by atoms with van der Waals surface area (Å²) in [5.41, 5.74) is 1.86. The molecule has 0 radical (unpaired) electrons. The highest BCUT2D eigenvalue weighted by Crippen LogP contribution is 2.21. The second-order valence-electron chi connectivity index (χ2n) is 3.84. The summed E-state index contributed by atoms with van der Waals surface area (Å²) in [4.78, 5) is 0. The normalized spacial score (nSPS) is 9.67. The molecule has 0 fully saturated rings. The Morgan fingerprint density at radius 2 is 1.28 bits per heavy atom. The maximum atomic E-state index is 12.2.